The van der Waals surface area contributed by atoms with Crippen molar-refractivity contribution < 1.29 is 26.3 Å². The fourth-order valence-corrected chi connectivity index (χ4v) is 3.43. The van der Waals surface area contributed by atoms with Gasteiger partial charge < -0.3 is 15.3 Å². The van der Waals surface area contributed by atoms with Crippen LogP contribution in [0.1, 0.15) is 18.2 Å². The predicted molar refractivity (Wildman–Crippen MR) is 125 cm³/mol. The van der Waals surface area contributed by atoms with Crippen LogP contribution in [0.2, 0.25) is 0 Å². The Balaban J connectivity index is 1.73. The minimum Gasteiger partial charge on any atom is -0.354 e. The van der Waals surface area contributed by atoms with Gasteiger partial charge in [-0.25, -0.2) is 17.9 Å². The maximum absolute atomic E-state index is 15.0. The number of rotatable bonds is 6. The summed E-state index contributed by atoms with van der Waals surface area (Å²) >= 11 is 0. The highest BCUT2D eigenvalue weighted by molar-refractivity contribution is 5.98. The van der Waals surface area contributed by atoms with Crippen LogP contribution in [0.25, 0.3) is 17.1 Å². The smallest absolute Gasteiger partial charge is 0.354 e. The van der Waals surface area contributed by atoms with Gasteiger partial charge in [-0.05, 0) is 43.3 Å². The molecule has 0 radical (unpaired) electrons. The fourth-order valence-electron chi connectivity index (χ4n) is 3.43. The first kappa shape index (κ1) is 25.5. The number of aromatic nitrogens is 3. The van der Waals surface area contributed by atoms with Gasteiger partial charge in [0.05, 0.1) is 11.3 Å². The number of nitrogens with zero attached hydrogens (tertiary/aromatic N) is 3. The number of halogens is 6. The Bertz CT molecular complexity index is 1570. The molecule has 4 rings (SSSR count). The third kappa shape index (κ3) is 5.63. The summed E-state index contributed by atoms with van der Waals surface area (Å²) in [6.45, 7) is 1.39. The van der Waals surface area contributed by atoms with Gasteiger partial charge in [0, 0.05) is 47.8 Å². The lowest BCUT2D eigenvalue weighted by Gasteiger charge is -2.15. The lowest BCUT2D eigenvalue weighted by atomic mass is 10.1. The molecular weight excluding hydrogens is 500 g/mol. The molecule has 2 heterocycles. The van der Waals surface area contributed by atoms with Crippen LogP contribution >= 0.6 is 0 Å². The first-order valence-corrected chi connectivity index (χ1v) is 10.6. The minimum atomic E-state index is -4.60. The van der Waals surface area contributed by atoms with Gasteiger partial charge in [-0.3, -0.25) is 4.79 Å². The summed E-state index contributed by atoms with van der Waals surface area (Å²) < 4.78 is 83.1. The van der Waals surface area contributed by atoms with Crippen molar-refractivity contribution in [3.63, 3.8) is 0 Å². The molecular formula is C25H17F6N5O. The predicted octanol–water partition coefficient (Wildman–Crippen LogP) is 5.95. The molecule has 4 aromatic rings. The van der Waals surface area contributed by atoms with E-state index in [9.17, 15) is 31.1 Å². The van der Waals surface area contributed by atoms with Crippen LogP contribution in [0.5, 0.6) is 0 Å². The average Bonchev–Trinajstić information content (AvgIpc) is 3.16. The van der Waals surface area contributed by atoms with Gasteiger partial charge in [0.15, 0.2) is 23.1 Å². The maximum Gasteiger partial charge on any atom is 0.416 e. The number of alkyl halides is 3. The van der Waals surface area contributed by atoms with E-state index in [0.717, 1.165) is 45.9 Å². The van der Waals surface area contributed by atoms with Crippen LogP contribution in [0.15, 0.2) is 78.0 Å². The van der Waals surface area contributed by atoms with Crippen molar-refractivity contribution >= 4 is 17.1 Å². The second-order valence-electron chi connectivity index (χ2n) is 7.91. The summed E-state index contributed by atoms with van der Waals surface area (Å²) in [5.74, 6) is -3.05. The van der Waals surface area contributed by atoms with Gasteiger partial charge in [0.1, 0.15) is 5.69 Å². The zero-order valence-corrected chi connectivity index (χ0v) is 18.9. The van der Waals surface area contributed by atoms with E-state index in [-0.39, 0.29) is 34.2 Å². The highest BCUT2D eigenvalue weighted by Gasteiger charge is 2.30. The molecule has 0 amide bonds. The molecule has 0 aliphatic rings. The molecule has 6 nitrogen and oxygen atoms in total. The number of nitrogens with one attached hydrogen (secondary N) is 2. The van der Waals surface area contributed by atoms with Crippen molar-refractivity contribution in [2.24, 2.45) is 0 Å². The normalized spacial score (nSPS) is 12.0. The van der Waals surface area contributed by atoms with Crippen molar-refractivity contribution in [3.8, 4) is 11.4 Å². The Morgan fingerprint density at radius 1 is 1.00 bits per heavy atom. The minimum absolute atomic E-state index is 0.0133. The summed E-state index contributed by atoms with van der Waals surface area (Å²) in [5.41, 5.74) is -1.98. The maximum atomic E-state index is 15.0. The van der Waals surface area contributed by atoms with E-state index in [0.29, 0.717) is 0 Å². The van der Waals surface area contributed by atoms with Crippen molar-refractivity contribution in [3.05, 3.63) is 112 Å². The van der Waals surface area contributed by atoms with Crippen LogP contribution < -0.4 is 10.7 Å². The van der Waals surface area contributed by atoms with Crippen LogP contribution in [0.4, 0.5) is 32.0 Å². The number of benzene rings is 2. The van der Waals surface area contributed by atoms with E-state index < -0.39 is 34.6 Å². The molecule has 0 aliphatic heterocycles. The van der Waals surface area contributed by atoms with Gasteiger partial charge in [-0.15, -0.1) is 0 Å². The SMILES string of the molecule is CC(=N)/C=C(\Nc1cccc(C(F)(F)F)c1)c1nn(-c2ccc(-n3cc(F)c(F)c3)cc2F)ccc1=O. The summed E-state index contributed by atoms with van der Waals surface area (Å²) in [6, 6.07) is 8.96. The largest absolute Gasteiger partial charge is 0.416 e. The molecule has 12 heteroatoms. The number of hydrogen-bond acceptors (Lipinski definition) is 4. The summed E-state index contributed by atoms with van der Waals surface area (Å²) in [5, 5.41) is 14.6. The van der Waals surface area contributed by atoms with Crippen molar-refractivity contribution in [1.82, 2.24) is 14.3 Å². The standard InChI is InChI=1S/C25H17F6N5O/c1-14(32)9-21(33-16-4-2-3-15(10-16)25(29,30)31)24-23(37)7-8-36(34-24)22-6-5-17(11-18(22)26)35-12-19(27)20(28)13-35/h2-13,32-33H,1H3/b21-9-,32-14?. The first-order chi connectivity index (χ1) is 17.4. The topological polar surface area (TPSA) is 75.7 Å². The molecule has 0 atom stereocenters. The highest BCUT2D eigenvalue weighted by Crippen LogP contribution is 2.31. The third-order valence-corrected chi connectivity index (χ3v) is 5.10. The lowest BCUT2D eigenvalue weighted by molar-refractivity contribution is -0.137. The van der Waals surface area contributed by atoms with Gasteiger partial charge in [-0.1, -0.05) is 6.07 Å². The molecule has 2 aromatic heterocycles. The summed E-state index contributed by atoms with van der Waals surface area (Å²) in [4.78, 5) is 12.6. The van der Waals surface area contributed by atoms with Gasteiger partial charge in [0.2, 0.25) is 5.43 Å². The first-order valence-electron chi connectivity index (χ1n) is 10.6. The number of allylic oxidation sites excluding steroid dienone is 1. The van der Waals surface area contributed by atoms with E-state index in [4.69, 9.17) is 5.41 Å². The second-order valence-corrected chi connectivity index (χ2v) is 7.91. The zero-order chi connectivity index (χ0) is 26.9. The van der Waals surface area contributed by atoms with Crippen molar-refractivity contribution in [1.29, 1.82) is 5.41 Å². The molecule has 190 valence electrons. The fraction of sp³-hybridized carbons (Fsp3) is 0.0800. The quantitative estimate of drug-likeness (QED) is 0.245. The summed E-state index contributed by atoms with van der Waals surface area (Å²) in [7, 11) is 0. The molecule has 0 spiro atoms. The van der Waals surface area contributed by atoms with Crippen LogP contribution in [0, 0.1) is 22.9 Å². The molecule has 0 aliphatic carbocycles. The van der Waals surface area contributed by atoms with Gasteiger partial charge >= 0.3 is 6.18 Å². The number of hydrogen-bond donors (Lipinski definition) is 2. The molecule has 0 saturated carbocycles. The van der Waals surface area contributed by atoms with E-state index >= 15 is 0 Å². The van der Waals surface area contributed by atoms with Crippen LogP contribution in [-0.4, -0.2) is 20.1 Å². The van der Waals surface area contributed by atoms with Crippen LogP contribution in [0.3, 0.4) is 0 Å². The Morgan fingerprint density at radius 3 is 2.32 bits per heavy atom. The molecule has 0 unspecified atom stereocenters. The Hall–Kier alpha value is -4.61. The van der Waals surface area contributed by atoms with E-state index in [2.05, 4.69) is 10.4 Å². The highest BCUT2D eigenvalue weighted by atomic mass is 19.4. The molecule has 0 bridgehead atoms. The van der Waals surface area contributed by atoms with Crippen molar-refractivity contribution in [2.75, 3.05) is 5.32 Å². The molecule has 2 N–H and O–H groups in total. The molecule has 2 aromatic carbocycles. The van der Waals surface area contributed by atoms with E-state index in [1.54, 1.807) is 0 Å². The van der Waals surface area contributed by atoms with E-state index in [1.165, 1.54) is 43.5 Å². The molecule has 37 heavy (non-hydrogen) atoms. The van der Waals surface area contributed by atoms with Gasteiger partial charge in [0.25, 0.3) is 0 Å². The second kappa shape index (κ2) is 9.80. The van der Waals surface area contributed by atoms with E-state index in [1.807, 2.05) is 0 Å². The lowest BCUT2D eigenvalue weighted by Crippen LogP contribution is -2.19. The van der Waals surface area contributed by atoms with Gasteiger partial charge in [-0.2, -0.15) is 18.3 Å². The Labute approximate surface area is 205 Å². The third-order valence-electron chi connectivity index (χ3n) is 5.10. The molecule has 0 saturated heterocycles. The molecule has 0 fully saturated rings. The Kier molecular flexibility index (Phi) is 6.75. The zero-order valence-electron chi connectivity index (χ0n) is 18.9. The summed E-state index contributed by atoms with van der Waals surface area (Å²) in [6.07, 6.45) is -0.537. The van der Waals surface area contributed by atoms with Crippen molar-refractivity contribution in [2.45, 2.75) is 13.1 Å². The number of anilines is 1. The average molecular weight is 517 g/mol. The Morgan fingerprint density at radius 2 is 1.70 bits per heavy atom. The monoisotopic (exact) mass is 517 g/mol. The van der Waals surface area contributed by atoms with Crippen LogP contribution in [-0.2, 0) is 6.18 Å².